The number of hydrogen-bond donors (Lipinski definition) is 2. The third kappa shape index (κ3) is 3.02. The number of nitrogens with one attached hydrogen (secondary N) is 2. The van der Waals surface area contributed by atoms with Crippen molar-refractivity contribution in [1.82, 2.24) is 9.97 Å². The Morgan fingerprint density at radius 1 is 1.32 bits per heavy atom. The number of H-pyrrole nitrogens is 1. The molecule has 1 saturated carbocycles. The van der Waals surface area contributed by atoms with Crippen molar-refractivity contribution in [3.8, 4) is 0 Å². The number of fused-ring (bicyclic) bond motifs is 1. The van der Waals surface area contributed by atoms with E-state index in [-0.39, 0.29) is 17.9 Å². The van der Waals surface area contributed by atoms with Gasteiger partial charge in [0.15, 0.2) is 5.13 Å². The van der Waals surface area contributed by atoms with Crippen molar-refractivity contribution in [3.05, 3.63) is 41.0 Å². The first-order chi connectivity index (χ1) is 12.0. The van der Waals surface area contributed by atoms with Crippen molar-refractivity contribution >= 4 is 44.9 Å². The van der Waals surface area contributed by atoms with E-state index in [0.29, 0.717) is 15.7 Å². The molecule has 1 aliphatic carbocycles. The quantitative estimate of drug-likeness (QED) is 0.750. The third-order valence-corrected chi connectivity index (χ3v) is 5.42. The molecule has 0 atom stereocenters. The lowest BCUT2D eigenvalue weighted by Gasteiger charge is -2.16. The summed E-state index contributed by atoms with van der Waals surface area (Å²) in [5.74, 6) is -0.230. The van der Waals surface area contributed by atoms with Gasteiger partial charge >= 0.3 is 0 Å². The molecule has 3 aromatic rings. The summed E-state index contributed by atoms with van der Waals surface area (Å²) in [5, 5.41) is 4.62. The molecule has 0 radical (unpaired) electrons. The van der Waals surface area contributed by atoms with Gasteiger partial charge < -0.3 is 10.3 Å². The van der Waals surface area contributed by atoms with Crippen LogP contribution in [0.5, 0.6) is 0 Å². The Balaban J connectivity index is 1.58. The number of aryl methyl sites for hydroxylation is 1. The number of carbonyl (C=O) groups is 2. The minimum absolute atomic E-state index is 0.0274. The monoisotopic (exact) mass is 354 g/mol. The van der Waals surface area contributed by atoms with Crippen LogP contribution in [0.2, 0.25) is 0 Å². The lowest BCUT2D eigenvalue weighted by atomic mass is 10.2. The zero-order chi connectivity index (χ0) is 17.6. The van der Waals surface area contributed by atoms with Crippen LogP contribution < -0.4 is 10.2 Å². The van der Waals surface area contributed by atoms with Gasteiger partial charge in [0, 0.05) is 30.4 Å². The predicted octanol–water partition coefficient (Wildman–Crippen LogP) is 3.70. The van der Waals surface area contributed by atoms with Crippen LogP contribution >= 0.6 is 11.3 Å². The Kier molecular flexibility index (Phi) is 3.80. The summed E-state index contributed by atoms with van der Waals surface area (Å²) in [6.07, 6.45) is 3.86. The summed E-state index contributed by atoms with van der Waals surface area (Å²) >= 11 is 1.27. The number of carbonyl (C=O) groups excluding carboxylic acids is 2. The van der Waals surface area contributed by atoms with Gasteiger partial charge in [0.25, 0.3) is 5.91 Å². The van der Waals surface area contributed by atoms with Crippen LogP contribution in [-0.4, -0.2) is 27.8 Å². The maximum absolute atomic E-state index is 12.6. The molecule has 128 valence electrons. The molecule has 2 N–H and O–H groups in total. The van der Waals surface area contributed by atoms with Gasteiger partial charge in [0.05, 0.1) is 5.69 Å². The number of hydrogen-bond acceptors (Lipinski definition) is 4. The molecule has 2 heterocycles. The average Bonchev–Trinajstić information content (AvgIpc) is 3.14. The summed E-state index contributed by atoms with van der Waals surface area (Å²) in [4.78, 5) is 34.4. The van der Waals surface area contributed by atoms with Crippen LogP contribution in [0.3, 0.4) is 0 Å². The summed E-state index contributed by atoms with van der Waals surface area (Å²) in [5.41, 5.74) is 2.33. The van der Waals surface area contributed by atoms with Crippen LogP contribution in [0.4, 0.5) is 10.8 Å². The summed E-state index contributed by atoms with van der Waals surface area (Å²) in [6, 6.07) is 7.94. The van der Waals surface area contributed by atoms with Gasteiger partial charge in [-0.1, -0.05) is 17.4 Å². The second-order valence-electron chi connectivity index (χ2n) is 6.26. The summed E-state index contributed by atoms with van der Waals surface area (Å²) in [6.45, 7) is 3.34. The molecule has 25 heavy (non-hydrogen) atoms. The number of aromatic nitrogens is 2. The molecule has 0 spiro atoms. The molecule has 0 saturated heterocycles. The van der Waals surface area contributed by atoms with Gasteiger partial charge in [0.2, 0.25) is 5.91 Å². The van der Waals surface area contributed by atoms with Crippen molar-refractivity contribution in [2.75, 3.05) is 10.2 Å². The SMILES string of the molecule is CC(=O)N(c1nc(C)c(C(=O)Nc2ccc3cc[nH]c3c2)s1)C1CC1. The fourth-order valence-corrected chi connectivity index (χ4v) is 3.97. The van der Waals surface area contributed by atoms with Gasteiger partial charge in [-0.15, -0.1) is 0 Å². The number of rotatable bonds is 4. The number of benzene rings is 1. The Morgan fingerprint density at radius 3 is 2.84 bits per heavy atom. The van der Waals surface area contributed by atoms with Crippen molar-refractivity contribution < 1.29 is 9.59 Å². The van der Waals surface area contributed by atoms with Crippen molar-refractivity contribution in [2.24, 2.45) is 0 Å². The molecule has 0 unspecified atom stereocenters. The highest BCUT2D eigenvalue weighted by Gasteiger charge is 2.34. The lowest BCUT2D eigenvalue weighted by molar-refractivity contribution is -0.116. The second-order valence-corrected chi connectivity index (χ2v) is 7.24. The summed E-state index contributed by atoms with van der Waals surface area (Å²) < 4.78 is 0. The molecule has 4 rings (SSSR count). The van der Waals surface area contributed by atoms with Gasteiger partial charge in [-0.3, -0.25) is 14.5 Å². The van der Waals surface area contributed by atoms with Crippen LogP contribution in [0, 0.1) is 6.92 Å². The Morgan fingerprint density at radius 2 is 2.12 bits per heavy atom. The van der Waals surface area contributed by atoms with Crippen LogP contribution in [0.15, 0.2) is 30.5 Å². The topological polar surface area (TPSA) is 78.1 Å². The smallest absolute Gasteiger partial charge is 0.267 e. The first-order valence-electron chi connectivity index (χ1n) is 8.18. The van der Waals surface area contributed by atoms with E-state index < -0.39 is 0 Å². The van der Waals surface area contributed by atoms with Gasteiger partial charge in [-0.25, -0.2) is 4.98 Å². The van der Waals surface area contributed by atoms with E-state index in [9.17, 15) is 9.59 Å². The highest BCUT2D eigenvalue weighted by Crippen LogP contribution is 2.35. The Bertz CT molecular complexity index is 971. The van der Waals surface area contributed by atoms with Crippen molar-refractivity contribution in [2.45, 2.75) is 32.7 Å². The lowest BCUT2D eigenvalue weighted by Crippen LogP contribution is -2.30. The van der Waals surface area contributed by atoms with Crippen LogP contribution in [0.25, 0.3) is 10.9 Å². The largest absolute Gasteiger partial charge is 0.361 e. The van der Waals surface area contributed by atoms with E-state index in [1.165, 1.54) is 11.3 Å². The first kappa shape index (κ1) is 15.8. The minimum Gasteiger partial charge on any atom is -0.361 e. The molecular formula is C18H18N4O2S. The van der Waals surface area contributed by atoms with E-state index in [0.717, 1.165) is 29.4 Å². The number of anilines is 2. The second kappa shape index (κ2) is 6.00. The van der Waals surface area contributed by atoms with Crippen LogP contribution in [-0.2, 0) is 4.79 Å². The molecule has 2 aromatic heterocycles. The maximum atomic E-state index is 12.6. The van der Waals surface area contributed by atoms with E-state index in [1.54, 1.807) is 18.7 Å². The Hall–Kier alpha value is -2.67. The molecular weight excluding hydrogens is 336 g/mol. The fraction of sp³-hybridized carbons (Fsp3) is 0.278. The van der Waals surface area contributed by atoms with Crippen LogP contribution in [0.1, 0.15) is 35.1 Å². The molecule has 1 aromatic carbocycles. The Labute approximate surface area is 148 Å². The predicted molar refractivity (Wildman–Crippen MR) is 99.3 cm³/mol. The molecule has 0 bridgehead atoms. The fourth-order valence-electron chi connectivity index (χ4n) is 2.89. The van der Waals surface area contributed by atoms with Crippen molar-refractivity contribution in [1.29, 1.82) is 0 Å². The van der Waals surface area contributed by atoms with E-state index >= 15 is 0 Å². The molecule has 2 amide bonds. The third-order valence-electron chi connectivity index (χ3n) is 4.26. The molecule has 6 nitrogen and oxygen atoms in total. The first-order valence-corrected chi connectivity index (χ1v) is 9.00. The molecule has 1 fully saturated rings. The average molecular weight is 354 g/mol. The number of nitrogens with zero attached hydrogens (tertiary/aromatic N) is 2. The number of aromatic amines is 1. The number of thiazole rings is 1. The maximum Gasteiger partial charge on any atom is 0.267 e. The zero-order valence-corrected chi connectivity index (χ0v) is 14.8. The van der Waals surface area contributed by atoms with E-state index in [2.05, 4.69) is 15.3 Å². The van der Waals surface area contributed by atoms with E-state index in [1.807, 2.05) is 30.5 Å². The van der Waals surface area contributed by atoms with Gasteiger partial charge in [-0.05, 0) is 43.4 Å². The van der Waals surface area contributed by atoms with Gasteiger partial charge in [-0.2, -0.15) is 0 Å². The molecule has 1 aliphatic rings. The summed E-state index contributed by atoms with van der Waals surface area (Å²) in [7, 11) is 0. The van der Waals surface area contributed by atoms with E-state index in [4.69, 9.17) is 0 Å². The zero-order valence-electron chi connectivity index (χ0n) is 14.0. The van der Waals surface area contributed by atoms with Crippen molar-refractivity contribution in [3.63, 3.8) is 0 Å². The minimum atomic E-state index is -0.202. The highest BCUT2D eigenvalue weighted by molar-refractivity contribution is 7.18. The standard InChI is InChI=1S/C18H18N4O2S/c1-10-16(25-18(20-10)22(11(2)23)14-5-6-14)17(24)21-13-4-3-12-7-8-19-15(12)9-13/h3-4,7-9,14,19H,5-6H2,1-2H3,(H,21,24). The molecule has 7 heteroatoms. The highest BCUT2D eigenvalue weighted by atomic mass is 32.1. The van der Waals surface area contributed by atoms with Gasteiger partial charge in [0.1, 0.15) is 4.88 Å². The molecule has 0 aliphatic heterocycles. The number of amides is 2. The normalized spacial score (nSPS) is 13.8.